The van der Waals surface area contributed by atoms with Gasteiger partial charge in [-0.15, -0.1) is 0 Å². The number of likely N-dealkylation sites (N-methyl/N-ethyl adjacent to an activating group) is 2. The molecule has 156 valence electrons. The van der Waals surface area contributed by atoms with Gasteiger partial charge in [-0.25, -0.2) is 0 Å². The summed E-state index contributed by atoms with van der Waals surface area (Å²) in [5.74, 6) is -0.447. The number of benzene rings is 2. The van der Waals surface area contributed by atoms with Crippen molar-refractivity contribution < 1.29 is 14.3 Å². The second-order valence-electron chi connectivity index (χ2n) is 8.21. The fraction of sp³-hybridized carbons (Fsp3) is 0.360. The van der Waals surface area contributed by atoms with Crippen molar-refractivity contribution >= 4 is 17.6 Å². The summed E-state index contributed by atoms with van der Waals surface area (Å²) in [6, 6.07) is 17.9. The molecule has 2 aliphatic rings. The van der Waals surface area contributed by atoms with E-state index in [-0.39, 0.29) is 18.5 Å². The molecule has 30 heavy (non-hydrogen) atoms. The van der Waals surface area contributed by atoms with E-state index in [2.05, 4.69) is 18.2 Å². The molecule has 0 aliphatic carbocycles. The first kappa shape index (κ1) is 20.4. The lowest BCUT2D eigenvalue weighted by molar-refractivity contribution is -0.161. The van der Waals surface area contributed by atoms with E-state index < -0.39 is 11.0 Å². The first-order valence-corrected chi connectivity index (χ1v) is 10.4. The number of hydrogen-bond donors (Lipinski definition) is 0. The summed E-state index contributed by atoms with van der Waals surface area (Å²) >= 11 is 0. The van der Waals surface area contributed by atoms with E-state index in [1.54, 1.807) is 18.9 Å². The van der Waals surface area contributed by atoms with Crippen LogP contribution in [0.1, 0.15) is 25.0 Å². The molecule has 0 unspecified atom stereocenters. The SMILES string of the molecule is CCOC(=O)[C@@]1(C)/C(=C\Cc2ccccc2)CN(C)[C@]12C(=O)N(C)c1ccccc12. The molecular weight excluding hydrogens is 376 g/mol. The molecule has 2 aromatic rings. The summed E-state index contributed by atoms with van der Waals surface area (Å²) in [5.41, 5.74) is 1.55. The molecule has 1 fully saturated rings. The standard InChI is InChI=1S/C25H28N2O3/c1-5-30-23(29)24(2)19(16-15-18-11-7-6-8-12-18)17-26(3)25(24)20-13-9-10-14-21(20)27(4)22(25)28/h6-14,16H,5,15,17H2,1-4H3/b19-16-/t24-,25-/m1/s1. The number of rotatable bonds is 4. The van der Waals surface area contributed by atoms with Crippen LogP contribution in [0.3, 0.4) is 0 Å². The van der Waals surface area contributed by atoms with Crippen LogP contribution in [0.5, 0.6) is 0 Å². The van der Waals surface area contributed by atoms with E-state index in [4.69, 9.17) is 4.74 Å². The Morgan fingerprint density at radius 1 is 1.10 bits per heavy atom. The van der Waals surface area contributed by atoms with Crippen LogP contribution < -0.4 is 4.90 Å². The van der Waals surface area contributed by atoms with Gasteiger partial charge >= 0.3 is 5.97 Å². The molecule has 0 saturated carbocycles. The molecule has 2 atom stereocenters. The number of nitrogens with zero attached hydrogens (tertiary/aromatic N) is 2. The van der Waals surface area contributed by atoms with Crippen molar-refractivity contribution in [3.8, 4) is 0 Å². The summed E-state index contributed by atoms with van der Waals surface area (Å²) in [5, 5.41) is 0. The van der Waals surface area contributed by atoms with E-state index in [1.165, 1.54) is 0 Å². The highest BCUT2D eigenvalue weighted by Crippen LogP contribution is 2.60. The maximum atomic E-state index is 13.8. The smallest absolute Gasteiger partial charge is 0.318 e. The van der Waals surface area contributed by atoms with Gasteiger partial charge in [0.25, 0.3) is 5.91 Å². The zero-order chi connectivity index (χ0) is 21.5. The molecule has 5 nitrogen and oxygen atoms in total. The van der Waals surface area contributed by atoms with Crippen molar-refractivity contribution in [1.82, 2.24) is 4.90 Å². The predicted molar refractivity (Wildman–Crippen MR) is 117 cm³/mol. The van der Waals surface area contributed by atoms with Gasteiger partial charge in [-0.3, -0.25) is 14.5 Å². The van der Waals surface area contributed by atoms with Gasteiger partial charge in [0.05, 0.1) is 6.61 Å². The molecule has 1 saturated heterocycles. The maximum absolute atomic E-state index is 13.8. The van der Waals surface area contributed by atoms with Crippen LogP contribution in [0, 0.1) is 5.41 Å². The first-order valence-electron chi connectivity index (χ1n) is 10.4. The molecule has 1 amide bonds. The quantitative estimate of drug-likeness (QED) is 0.578. The predicted octanol–water partition coefficient (Wildman–Crippen LogP) is 3.54. The number of amides is 1. The topological polar surface area (TPSA) is 49.9 Å². The fourth-order valence-corrected chi connectivity index (χ4v) is 5.22. The molecular formula is C25H28N2O3. The Balaban J connectivity index is 1.91. The summed E-state index contributed by atoms with van der Waals surface area (Å²) in [6.07, 6.45) is 2.80. The van der Waals surface area contributed by atoms with Gasteiger partial charge in [-0.05, 0) is 44.5 Å². The number of ether oxygens (including phenoxy) is 1. The summed E-state index contributed by atoms with van der Waals surface area (Å²) in [4.78, 5) is 31.0. The average Bonchev–Trinajstić information content (AvgIpc) is 3.13. The van der Waals surface area contributed by atoms with Crippen LogP contribution in [0.25, 0.3) is 0 Å². The number of anilines is 1. The third kappa shape index (κ3) is 2.58. The van der Waals surface area contributed by atoms with Gasteiger partial charge in [0.15, 0.2) is 0 Å². The van der Waals surface area contributed by atoms with E-state index in [0.717, 1.165) is 22.4 Å². The number of likely N-dealkylation sites (tertiary alicyclic amines) is 1. The highest BCUT2D eigenvalue weighted by molar-refractivity contribution is 6.12. The number of esters is 1. The molecule has 0 bridgehead atoms. The third-order valence-electron chi connectivity index (χ3n) is 6.73. The highest BCUT2D eigenvalue weighted by atomic mass is 16.5. The molecule has 0 radical (unpaired) electrons. The van der Waals surface area contributed by atoms with Gasteiger partial charge in [-0.1, -0.05) is 54.6 Å². The number of hydrogen-bond acceptors (Lipinski definition) is 4. The largest absolute Gasteiger partial charge is 0.465 e. The monoisotopic (exact) mass is 404 g/mol. The number of para-hydroxylation sites is 1. The minimum Gasteiger partial charge on any atom is -0.465 e. The van der Waals surface area contributed by atoms with Gasteiger partial charge in [0.2, 0.25) is 0 Å². The molecule has 4 rings (SSSR count). The van der Waals surface area contributed by atoms with Gasteiger partial charge in [0.1, 0.15) is 11.0 Å². The van der Waals surface area contributed by atoms with Gasteiger partial charge in [-0.2, -0.15) is 0 Å². The Hall–Kier alpha value is -2.92. The summed E-state index contributed by atoms with van der Waals surface area (Å²) < 4.78 is 5.57. The lowest BCUT2D eigenvalue weighted by Crippen LogP contribution is -2.58. The Labute approximate surface area is 177 Å². The molecule has 2 aromatic carbocycles. The van der Waals surface area contributed by atoms with Crippen molar-refractivity contribution in [2.75, 3.05) is 32.1 Å². The van der Waals surface area contributed by atoms with Crippen LogP contribution in [0.4, 0.5) is 5.69 Å². The minimum absolute atomic E-state index is 0.0927. The maximum Gasteiger partial charge on any atom is 0.318 e. The second kappa shape index (κ2) is 7.40. The number of fused-ring (bicyclic) bond motifs is 2. The second-order valence-corrected chi connectivity index (χ2v) is 8.21. The van der Waals surface area contributed by atoms with E-state index in [0.29, 0.717) is 13.0 Å². The Bertz CT molecular complexity index is 1020. The minimum atomic E-state index is -1.12. The van der Waals surface area contributed by atoms with Crippen molar-refractivity contribution in [3.05, 3.63) is 77.4 Å². The van der Waals surface area contributed by atoms with Crippen LogP contribution >= 0.6 is 0 Å². The lowest BCUT2D eigenvalue weighted by Gasteiger charge is -2.41. The van der Waals surface area contributed by atoms with Crippen molar-refractivity contribution in [2.24, 2.45) is 5.41 Å². The van der Waals surface area contributed by atoms with Crippen molar-refractivity contribution in [2.45, 2.75) is 25.8 Å². The lowest BCUT2D eigenvalue weighted by atomic mass is 9.65. The van der Waals surface area contributed by atoms with Gasteiger partial charge in [0, 0.05) is 24.8 Å². The Morgan fingerprint density at radius 3 is 2.47 bits per heavy atom. The van der Waals surface area contributed by atoms with Crippen LogP contribution in [-0.4, -0.2) is 44.0 Å². The fourth-order valence-electron chi connectivity index (χ4n) is 5.22. The first-order chi connectivity index (χ1) is 14.4. The van der Waals surface area contributed by atoms with Crippen molar-refractivity contribution in [3.63, 3.8) is 0 Å². The third-order valence-corrected chi connectivity index (χ3v) is 6.73. The zero-order valence-electron chi connectivity index (χ0n) is 18.0. The van der Waals surface area contributed by atoms with Crippen LogP contribution in [-0.2, 0) is 26.3 Å². The van der Waals surface area contributed by atoms with Crippen LogP contribution in [0.2, 0.25) is 0 Å². The summed E-state index contributed by atoms with van der Waals surface area (Å²) in [7, 11) is 3.70. The molecule has 2 aliphatic heterocycles. The zero-order valence-corrected chi connectivity index (χ0v) is 18.0. The van der Waals surface area contributed by atoms with Crippen molar-refractivity contribution in [1.29, 1.82) is 0 Å². The molecule has 0 N–H and O–H groups in total. The molecule has 5 heteroatoms. The Morgan fingerprint density at radius 2 is 1.77 bits per heavy atom. The van der Waals surface area contributed by atoms with Crippen LogP contribution in [0.15, 0.2) is 66.2 Å². The highest BCUT2D eigenvalue weighted by Gasteiger charge is 2.71. The molecule has 1 spiro atoms. The summed E-state index contributed by atoms with van der Waals surface area (Å²) in [6.45, 7) is 4.47. The number of allylic oxidation sites excluding steroid dienone is 1. The number of carbonyl (C=O) groups excluding carboxylic acids is 2. The molecule has 0 aromatic heterocycles. The Kier molecular flexibility index (Phi) is 5.02. The van der Waals surface area contributed by atoms with Gasteiger partial charge < -0.3 is 9.64 Å². The van der Waals surface area contributed by atoms with E-state index >= 15 is 0 Å². The number of carbonyl (C=O) groups is 2. The normalized spacial score (nSPS) is 27.1. The van der Waals surface area contributed by atoms with E-state index in [1.807, 2.05) is 61.3 Å². The average molecular weight is 405 g/mol. The molecule has 2 heterocycles. The van der Waals surface area contributed by atoms with E-state index in [9.17, 15) is 9.59 Å².